The van der Waals surface area contributed by atoms with Gasteiger partial charge < -0.3 is 5.11 Å². The van der Waals surface area contributed by atoms with E-state index in [-0.39, 0.29) is 12.2 Å². The number of nitrogens with zero attached hydrogens (tertiary/aromatic N) is 2. The summed E-state index contributed by atoms with van der Waals surface area (Å²) in [6.07, 6.45) is 0.203. The Bertz CT molecular complexity index is 818. The van der Waals surface area contributed by atoms with Crippen LogP contribution in [0, 0.1) is 0 Å². The van der Waals surface area contributed by atoms with E-state index in [1.54, 1.807) is 9.13 Å². The Balaban J connectivity index is 2.04. The monoisotopic (exact) mass is 296 g/mol. The average Bonchev–Trinajstić information content (AvgIpc) is 2.82. The minimum absolute atomic E-state index is 0.0574. The number of hydrogen-bond acceptors (Lipinski definition) is 2. The highest BCUT2D eigenvalue weighted by Crippen LogP contribution is 2.18. The molecule has 22 heavy (non-hydrogen) atoms. The predicted octanol–water partition coefficient (Wildman–Crippen LogP) is 2.95. The summed E-state index contributed by atoms with van der Waals surface area (Å²) in [5, 5.41) is 10.4. The molecule has 2 aromatic carbocycles. The van der Waals surface area contributed by atoms with Crippen LogP contribution < -0.4 is 5.69 Å². The Hall–Kier alpha value is -2.33. The third-order valence-electron chi connectivity index (χ3n) is 3.91. The van der Waals surface area contributed by atoms with Crippen molar-refractivity contribution in [2.75, 3.05) is 0 Å². The molecule has 1 atom stereocenters. The van der Waals surface area contributed by atoms with Crippen LogP contribution in [0.1, 0.15) is 25.0 Å². The Morgan fingerprint density at radius 3 is 2.18 bits per heavy atom. The van der Waals surface area contributed by atoms with Crippen molar-refractivity contribution >= 4 is 11.0 Å². The van der Waals surface area contributed by atoms with E-state index in [1.807, 2.05) is 54.6 Å². The fraction of sp³-hybridized carbons (Fsp3) is 0.278. The van der Waals surface area contributed by atoms with Crippen LogP contribution in [0.5, 0.6) is 0 Å². The van der Waals surface area contributed by atoms with Gasteiger partial charge in [-0.3, -0.25) is 9.13 Å². The molecule has 1 aromatic heterocycles. The molecule has 0 radical (unpaired) electrons. The van der Waals surface area contributed by atoms with Crippen molar-refractivity contribution in [3.05, 3.63) is 70.6 Å². The third kappa shape index (κ3) is 2.57. The summed E-state index contributed by atoms with van der Waals surface area (Å²) in [7, 11) is 0. The van der Waals surface area contributed by atoms with Crippen LogP contribution in [0.4, 0.5) is 0 Å². The van der Waals surface area contributed by atoms with Crippen molar-refractivity contribution in [1.29, 1.82) is 0 Å². The first-order chi connectivity index (χ1) is 10.7. The molecule has 114 valence electrons. The standard InChI is InChI=1S/C18H20N2O2/c1-2-12-19-15-10-6-7-11-16(15)20(18(19)22)13-17(21)14-8-4-3-5-9-14/h3-11,17,21H,2,12-13H2,1H3/t17-/m1/s1. The molecule has 3 rings (SSSR count). The highest BCUT2D eigenvalue weighted by atomic mass is 16.3. The van der Waals surface area contributed by atoms with E-state index in [1.165, 1.54) is 0 Å². The minimum Gasteiger partial charge on any atom is -0.387 e. The summed E-state index contributed by atoms with van der Waals surface area (Å²) >= 11 is 0. The first-order valence-electron chi connectivity index (χ1n) is 7.63. The summed E-state index contributed by atoms with van der Waals surface area (Å²) < 4.78 is 3.45. The lowest BCUT2D eigenvalue weighted by molar-refractivity contribution is 0.156. The van der Waals surface area contributed by atoms with Gasteiger partial charge in [-0.15, -0.1) is 0 Å². The van der Waals surface area contributed by atoms with Crippen LogP contribution in [0.25, 0.3) is 11.0 Å². The molecule has 0 unspecified atom stereocenters. The van der Waals surface area contributed by atoms with Crippen molar-refractivity contribution in [3.63, 3.8) is 0 Å². The number of para-hydroxylation sites is 2. The zero-order valence-corrected chi connectivity index (χ0v) is 12.6. The minimum atomic E-state index is -0.695. The van der Waals surface area contributed by atoms with E-state index in [9.17, 15) is 9.90 Å². The van der Waals surface area contributed by atoms with Gasteiger partial charge in [0, 0.05) is 6.54 Å². The van der Waals surface area contributed by atoms with Gasteiger partial charge in [0.25, 0.3) is 0 Å². The van der Waals surface area contributed by atoms with Crippen LogP contribution in [-0.2, 0) is 13.1 Å². The van der Waals surface area contributed by atoms with Crippen molar-refractivity contribution in [1.82, 2.24) is 9.13 Å². The molecule has 0 saturated heterocycles. The molecule has 1 heterocycles. The van der Waals surface area contributed by atoms with E-state index in [2.05, 4.69) is 6.92 Å². The largest absolute Gasteiger partial charge is 0.387 e. The molecular weight excluding hydrogens is 276 g/mol. The maximum Gasteiger partial charge on any atom is 0.329 e. The Kier molecular flexibility index (Phi) is 4.11. The Labute approximate surface area is 129 Å². The molecule has 3 aromatic rings. The number of benzene rings is 2. The van der Waals surface area contributed by atoms with Gasteiger partial charge in [0.1, 0.15) is 0 Å². The second-order valence-corrected chi connectivity index (χ2v) is 5.46. The molecule has 0 amide bonds. The van der Waals surface area contributed by atoms with E-state index in [4.69, 9.17) is 0 Å². The molecule has 1 N–H and O–H groups in total. The molecule has 0 aliphatic carbocycles. The van der Waals surface area contributed by atoms with Crippen LogP contribution in [0.2, 0.25) is 0 Å². The maximum atomic E-state index is 12.7. The lowest BCUT2D eigenvalue weighted by Gasteiger charge is -2.11. The predicted molar refractivity (Wildman–Crippen MR) is 87.9 cm³/mol. The number of aliphatic hydroxyl groups excluding tert-OH is 1. The zero-order chi connectivity index (χ0) is 15.5. The molecule has 0 spiro atoms. The summed E-state index contributed by atoms with van der Waals surface area (Å²) in [6.45, 7) is 3.01. The Morgan fingerprint density at radius 2 is 1.55 bits per heavy atom. The zero-order valence-electron chi connectivity index (χ0n) is 12.6. The lowest BCUT2D eigenvalue weighted by Crippen LogP contribution is -2.26. The number of aromatic nitrogens is 2. The molecule has 0 aliphatic rings. The van der Waals surface area contributed by atoms with E-state index >= 15 is 0 Å². The second-order valence-electron chi connectivity index (χ2n) is 5.46. The summed E-state index contributed by atoms with van der Waals surface area (Å²) in [6, 6.07) is 17.2. The molecule has 0 aliphatic heterocycles. The van der Waals surface area contributed by atoms with Crippen molar-refractivity contribution in [2.24, 2.45) is 0 Å². The first-order valence-corrected chi connectivity index (χ1v) is 7.63. The van der Waals surface area contributed by atoms with Gasteiger partial charge in [-0.2, -0.15) is 0 Å². The molecule has 4 heteroatoms. The third-order valence-corrected chi connectivity index (χ3v) is 3.91. The fourth-order valence-corrected chi connectivity index (χ4v) is 2.84. The van der Waals surface area contributed by atoms with Gasteiger partial charge in [0.05, 0.1) is 23.7 Å². The molecular formula is C18H20N2O2. The number of fused-ring (bicyclic) bond motifs is 1. The molecule has 0 saturated carbocycles. The van der Waals surface area contributed by atoms with Crippen LogP contribution in [-0.4, -0.2) is 14.2 Å². The van der Waals surface area contributed by atoms with Crippen molar-refractivity contribution < 1.29 is 5.11 Å². The van der Waals surface area contributed by atoms with Gasteiger partial charge in [0.15, 0.2) is 0 Å². The number of imidazole rings is 1. The van der Waals surface area contributed by atoms with E-state index < -0.39 is 6.10 Å². The van der Waals surface area contributed by atoms with Crippen molar-refractivity contribution in [3.8, 4) is 0 Å². The SMILES string of the molecule is CCCn1c(=O)n(C[C@@H](O)c2ccccc2)c2ccccc21. The molecule has 4 nitrogen and oxygen atoms in total. The summed E-state index contributed by atoms with van der Waals surface area (Å²) in [4.78, 5) is 12.7. The topological polar surface area (TPSA) is 47.2 Å². The maximum absolute atomic E-state index is 12.7. The van der Waals surface area contributed by atoms with Gasteiger partial charge >= 0.3 is 5.69 Å². The van der Waals surface area contributed by atoms with Crippen LogP contribution in [0.15, 0.2) is 59.4 Å². The smallest absolute Gasteiger partial charge is 0.329 e. The number of aryl methyl sites for hydroxylation is 1. The number of rotatable bonds is 5. The number of aliphatic hydroxyl groups is 1. The average molecular weight is 296 g/mol. The normalized spacial score (nSPS) is 12.6. The van der Waals surface area contributed by atoms with Gasteiger partial charge in [-0.05, 0) is 24.1 Å². The quantitative estimate of drug-likeness (QED) is 0.787. The lowest BCUT2D eigenvalue weighted by atomic mass is 10.1. The second kappa shape index (κ2) is 6.20. The first kappa shape index (κ1) is 14.6. The van der Waals surface area contributed by atoms with Crippen LogP contribution >= 0.6 is 0 Å². The molecule has 0 bridgehead atoms. The molecule has 0 fully saturated rings. The highest BCUT2D eigenvalue weighted by molar-refractivity contribution is 5.76. The highest BCUT2D eigenvalue weighted by Gasteiger charge is 2.16. The fourth-order valence-electron chi connectivity index (χ4n) is 2.84. The van der Waals surface area contributed by atoms with E-state index in [0.29, 0.717) is 6.54 Å². The van der Waals surface area contributed by atoms with E-state index in [0.717, 1.165) is 23.0 Å². The number of hydrogen-bond donors (Lipinski definition) is 1. The summed E-state index contributed by atoms with van der Waals surface area (Å²) in [5.41, 5.74) is 2.56. The van der Waals surface area contributed by atoms with Gasteiger partial charge in [-0.25, -0.2) is 4.79 Å². The van der Waals surface area contributed by atoms with Gasteiger partial charge in [-0.1, -0.05) is 49.4 Å². The van der Waals surface area contributed by atoms with Crippen LogP contribution in [0.3, 0.4) is 0 Å². The van der Waals surface area contributed by atoms with Gasteiger partial charge in [0.2, 0.25) is 0 Å². The Morgan fingerprint density at radius 1 is 0.955 bits per heavy atom. The summed E-state index contributed by atoms with van der Waals surface area (Å²) in [5.74, 6) is 0. The van der Waals surface area contributed by atoms with Crippen molar-refractivity contribution in [2.45, 2.75) is 32.5 Å².